The number of pyridine rings is 2. The molecule has 0 fully saturated rings. The molecule has 0 saturated heterocycles. The highest BCUT2D eigenvalue weighted by Gasteiger charge is 2.09. The molecule has 25 heavy (non-hydrogen) atoms. The third-order valence-corrected chi connectivity index (χ3v) is 3.73. The first-order chi connectivity index (χ1) is 12.1. The van der Waals surface area contributed by atoms with Crippen molar-refractivity contribution in [1.29, 1.82) is 0 Å². The summed E-state index contributed by atoms with van der Waals surface area (Å²) in [6.45, 7) is 4.59. The van der Waals surface area contributed by atoms with Gasteiger partial charge in [-0.2, -0.15) is 0 Å². The van der Waals surface area contributed by atoms with Gasteiger partial charge in [-0.25, -0.2) is 9.37 Å². The van der Waals surface area contributed by atoms with Crippen molar-refractivity contribution in [2.24, 2.45) is 0 Å². The van der Waals surface area contributed by atoms with Crippen LogP contribution in [0, 0.1) is 5.82 Å². The molecule has 3 aromatic rings. The fourth-order valence-electron chi connectivity index (χ4n) is 2.31. The Balaban J connectivity index is 1.79. The minimum atomic E-state index is -0.317. The molecule has 0 spiro atoms. The smallest absolute Gasteiger partial charge is 0.137 e. The summed E-state index contributed by atoms with van der Waals surface area (Å²) in [5.41, 5.74) is 3.01. The van der Waals surface area contributed by atoms with E-state index in [2.05, 4.69) is 27.2 Å². The Morgan fingerprint density at radius 1 is 1.12 bits per heavy atom. The molecule has 6 heteroatoms. The van der Waals surface area contributed by atoms with Crippen LogP contribution in [-0.4, -0.2) is 9.97 Å². The maximum atomic E-state index is 13.3. The van der Waals surface area contributed by atoms with Crippen LogP contribution >= 0.6 is 11.6 Å². The van der Waals surface area contributed by atoms with Crippen molar-refractivity contribution < 1.29 is 4.39 Å². The molecule has 1 aromatic carbocycles. The molecule has 0 aliphatic carbocycles. The molecule has 0 unspecified atom stereocenters. The average molecular weight is 355 g/mol. The van der Waals surface area contributed by atoms with Crippen LogP contribution in [0.2, 0.25) is 5.15 Å². The molecular weight excluding hydrogens is 339 g/mol. The second-order valence-corrected chi connectivity index (χ2v) is 5.74. The Morgan fingerprint density at radius 3 is 2.68 bits per heavy atom. The molecule has 0 amide bonds. The molecule has 0 saturated carbocycles. The molecule has 3 rings (SSSR count). The van der Waals surface area contributed by atoms with Gasteiger partial charge in [0.15, 0.2) is 0 Å². The van der Waals surface area contributed by atoms with E-state index in [-0.39, 0.29) is 5.82 Å². The minimum absolute atomic E-state index is 0.317. The van der Waals surface area contributed by atoms with Crippen LogP contribution < -0.4 is 10.6 Å². The lowest BCUT2D eigenvalue weighted by molar-refractivity contribution is 0.628. The Kier molecular flexibility index (Phi) is 5.26. The maximum absolute atomic E-state index is 13.3. The van der Waals surface area contributed by atoms with Crippen LogP contribution in [0.25, 0.3) is 5.70 Å². The molecular formula is C19H16ClFN4. The molecule has 2 N–H and O–H groups in total. The molecule has 0 bridgehead atoms. The van der Waals surface area contributed by atoms with E-state index in [9.17, 15) is 4.39 Å². The fourth-order valence-corrected chi connectivity index (χ4v) is 2.46. The zero-order valence-corrected chi connectivity index (χ0v) is 14.1. The number of rotatable bonds is 6. The Labute approximate surface area is 150 Å². The Hall–Kier alpha value is -2.92. The summed E-state index contributed by atoms with van der Waals surface area (Å²) in [6, 6.07) is 13.5. The summed E-state index contributed by atoms with van der Waals surface area (Å²) in [5, 5.41) is 6.71. The molecule has 0 atom stereocenters. The van der Waals surface area contributed by atoms with Crippen molar-refractivity contribution in [3.05, 3.63) is 89.6 Å². The molecule has 0 aliphatic heterocycles. The third kappa shape index (κ3) is 4.55. The number of hydrogen-bond donors (Lipinski definition) is 2. The third-order valence-electron chi connectivity index (χ3n) is 3.52. The SMILES string of the molecule is C=C(Nc1cccc(F)c1)c1ccc(Cl)nc1NCc1ccncc1. The van der Waals surface area contributed by atoms with Gasteiger partial charge in [-0.1, -0.05) is 24.2 Å². The van der Waals surface area contributed by atoms with Crippen LogP contribution in [0.5, 0.6) is 0 Å². The average Bonchev–Trinajstić information content (AvgIpc) is 2.61. The number of anilines is 2. The number of nitrogens with one attached hydrogen (secondary N) is 2. The summed E-state index contributed by atoms with van der Waals surface area (Å²) >= 11 is 6.02. The molecule has 126 valence electrons. The summed E-state index contributed by atoms with van der Waals surface area (Å²) in [4.78, 5) is 8.33. The summed E-state index contributed by atoms with van der Waals surface area (Å²) < 4.78 is 13.3. The number of halogens is 2. The lowest BCUT2D eigenvalue weighted by Gasteiger charge is -2.15. The zero-order valence-electron chi connectivity index (χ0n) is 13.3. The van der Waals surface area contributed by atoms with Crippen LogP contribution in [0.3, 0.4) is 0 Å². The highest BCUT2D eigenvalue weighted by molar-refractivity contribution is 6.29. The van der Waals surface area contributed by atoms with E-state index in [4.69, 9.17) is 11.6 Å². The monoisotopic (exact) mass is 354 g/mol. The first-order valence-corrected chi connectivity index (χ1v) is 8.01. The van der Waals surface area contributed by atoms with E-state index in [0.29, 0.717) is 28.9 Å². The van der Waals surface area contributed by atoms with Gasteiger partial charge in [0.25, 0.3) is 0 Å². The first-order valence-electron chi connectivity index (χ1n) is 7.63. The maximum Gasteiger partial charge on any atom is 0.137 e. The van der Waals surface area contributed by atoms with Crippen LogP contribution in [0.4, 0.5) is 15.9 Å². The van der Waals surface area contributed by atoms with E-state index < -0.39 is 0 Å². The molecule has 4 nitrogen and oxygen atoms in total. The largest absolute Gasteiger partial charge is 0.365 e. The van der Waals surface area contributed by atoms with Crippen LogP contribution in [0.15, 0.2) is 67.5 Å². The van der Waals surface area contributed by atoms with E-state index in [1.165, 1.54) is 12.1 Å². The van der Waals surface area contributed by atoms with E-state index >= 15 is 0 Å². The lowest BCUT2D eigenvalue weighted by atomic mass is 10.2. The fraction of sp³-hybridized carbons (Fsp3) is 0.0526. The number of aromatic nitrogens is 2. The number of hydrogen-bond acceptors (Lipinski definition) is 4. The first kappa shape index (κ1) is 16.9. The van der Waals surface area contributed by atoms with Gasteiger partial charge < -0.3 is 10.6 Å². The van der Waals surface area contributed by atoms with Crippen molar-refractivity contribution in [2.75, 3.05) is 10.6 Å². The van der Waals surface area contributed by atoms with Gasteiger partial charge in [0, 0.05) is 35.9 Å². The van der Waals surface area contributed by atoms with Crippen molar-refractivity contribution in [3.63, 3.8) is 0 Å². The van der Waals surface area contributed by atoms with Gasteiger partial charge >= 0.3 is 0 Å². The van der Waals surface area contributed by atoms with Gasteiger partial charge in [0.2, 0.25) is 0 Å². The highest BCUT2D eigenvalue weighted by Crippen LogP contribution is 2.25. The van der Waals surface area contributed by atoms with E-state index in [1.54, 1.807) is 30.6 Å². The lowest BCUT2D eigenvalue weighted by Crippen LogP contribution is -2.07. The minimum Gasteiger partial charge on any atom is -0.365 e. The van der Waals surface area contributed by atoms with E-state index in [0.717, 1.165) is 11.1 Å². The van der Waals surface area contributed by atoms with Crippen molar-refractivity contribution >= 4 is 28.8 Å². The van der Waals surface area contributed by atoms with Gasteiger partial charge in [-0.3, -0.25) is 4.98 Å². The van der Waals surface area contributed by atoms with Gasteiger partial charge in [0.1, 0.15) is 16.8 Å². The predicted molar refractivity (Wildman–Crippen MR) is 99.9 cm³/mol. The van der Waals surface area contributed by atoms with Crippen molar-refractivity contribution in [1.82, 2.24) is 9.97 Å². The summed E-state index contributed by atoms with van der Waals surface area (Å²) in [6.07, 6.45) is 3.46. The Bertz CT molecular complexity index is 884. The predicted octanol–water partition coefficient (Wildman–Crippen LogP) is 4.96. The quantitative estimate of drug-likeness (QED) is 0.614. The molecule has 2 aromatic heterocycles. The van der Waals surface area contributed by atoms with Crippen LogP contribution in [-0.2, 0) is 6.54 Å². The molecule has 2 heterocycles. The number of nitrogens with zero attached hydrogens (tertiary/aromatic N) is 2. The van der Waals surface area contributed by atoms with Gasteiger partial charge in [-0.05, 0) is 48.0 Å². The summed E-state index contributed by atoms with van der Waals surface area (Å²) in [7, 11) is 0. The number of benzene rings is 1. The normalized spacial score (nSPS) is 10.3. The zero-order chi connectivity index (χ0) is 17.6. The van der Waals surface area contributed by atoms with Crippen molar-refractivity contribution in [2.45, 2.75) is 6.54 Å². The second-order valence-electron chi connectivity index (χ2n) is 5.35. The van der Waals surface area contributed by atoms with E-state index in [1.807, 2.05) is 18.2 Å². The highest BCUT2D eigenvalue weighted by atomic mass is 35.5. The molecule has 0 radical (unpaired) electrons. The van der Waals surface area contributed by atoms with Gasteiger partial charge in [0.05, 0.1) is 0 Å². The summed E-state index contributed by atoms with van der Waals surface area (Å²) in [5.74, 6) is 0.279. The van der Waals surface area contributed by atoms with Gasteiger partial charge in [-0.15, -0.1) is 0 Å². The molecule has 0 aliphatic rings. The topological polar surface area (TPSA) is 49.8 Å². The Morgan fingerprint density at radius 2 is 1.92 bits per heavy atom. The van der Waals surface area contributed by atoms with Crippen molar-refractivity contribution in [3.8, 4) is 0 Å². The van der Waals surface area contributed by atoms with Crippen LogP contribution in [0.1, 0.15) is 11.1 Å². The standard InChI is InChI=1S/C19H16ClFN4/c1-13(24-16-4-2-3-15(21)11-16)17-5-6-18(20)25-19(17)23-12-14-7-9-22-10-8-14/h2-11,24H,1,12H2,(H,23,25). The second kappa shape index (κ2) is 7.77.